The van der Waals surface area contributed by atoms with Crippen LogP contribution in [-0.2, 0) is 4.79 Å². The minimum Gasteiger partial charge on any atom is -0.396 e. The van der Waals surface area contributed by atoms with Crippen LogP contribution in [0.4, 0.5) is 17.6 Å². The topological polar surface area (TPSA) is 40.5 Å². The molecule has 1 aliphatic rings. The molecule has 0 atom stereocenters. The Bertz CT molecular complexity index is 252. The summed E-state index contributed by atoms with van der Waals surface area (Å²) in [6.45, 7) is -0.0913. The van der Waals surface area contributed by atoms with E-state index in [1.54, 1.807) is 0 Å². The van der Waals surface area contributed by atoms with Gasteiger partial charge in [0.25, 0.3) is 5.91 Å². The Labute approximate surface area is 90.0 Å². The molecule has 0 aromatic rings. The molecular weight excluding hydrogens is 230 g/mol. The molecule has 1 heterocycles. The zero-order valence-electron chi connectivity index (χ0n) is 8.50. The van der Waals surface area contributed by atoms with Crippen LogP contribution >= 0.6 is 0 Å². The first-order valence-electron chi connectivity index (χ1n) is 4.95. The van der Waals surface area contributed by atoms with Crippen molar-refractivity contribution >= 4 is 5.91 Å². The summed E-state index contributed by atoms with van der Waals surface area (Å²) in [6, 6.07) is 0. The van der Waals surface area contributed by atoms with Gasteiger partial charge in [-0.2, -0.15) is 8.78 Å². The third-order valence-corrected chi connectivity index (χ3v) is 2.72. The smallest absolute Gasteiger partial charge is 0.383 e. The first-order valence-corrected chi connectivity index (χ1v) is 4.95. The van der Waals surface area contributed by atoms with Crippen LogP contribution in [-0.4, -0.2) is 48.0 Å². The molecular formula is C9H13F4NO2. The first-order chi connectivity index (χ1) is 7.39. The number of likely N-dealkylation sites (tertiary alicyclic amines) is 1. The lowest BCUT2D eigenvalue weighted by Crippen LogP contribution is -2.50. The number of piperidine rings is 1. The predicted molar refractivity (Wildman–Crippen MR) is 47.3 cm³/mol. The van der Waals surface area contributed by atoms with Crippen LogP contribution in [0.3, 0.4) is 0 Å². The summed E-state index contributed by atoms with van der Waals surface area (Å²) in [4.78, 5) is 11.8. The lowest BCUT2D eigenvalue weighted by atomic mass is 9.97. The Morgan fingerprint density at radius 1 is 1.38 bits per heavy atom. The molecule has 0 aromatic heterocycles. The standard InChI is InChI=1S/C9H13F4NO2/c10-7(11)9(12,13)8(16)14-3-1-6(5-15)2-4-14/h6-7,15H,1-5H2. The van der Waals surface area contributed by atoms with Crippen molar-refractivity contribution in [3.05, 3.63) is 0 Å². The van der Waals surface area contributed by atoms with Crippen molar-refractivity contribution in [2.45, 2.75) is 25.2 Å². The molecule has 16 heavy (non-hydrogen) atoms. The van der Waals surface area contributed by atoms with E-state index in [4.69, 9.17) is 5.11 Å². The highest BCUT2D eigenvalue weighted by Gasteiger charge is 2.51. The number of rotatable bonds is 3. The normalized spacial score (nSPS) is 19.2. The predicted octanol–water partition coefficient (Wildman–Crippen LogP) is 1.12. The van der Waals surface area contributed by atoms with Crippen molar-refractivity contribution in [1.29, 1.82) is 0 Å². The van der Waals surface area contributed by atoms with Gasteiger partial charge in [-0.05, 0) is 18.8 Å². The molecule has 0 radical (unpaired) electrons. The maximum atomic E-state index is 12.7. The number of nitrogens with zero attached hydrogens (tertiary/aromatic N) is 1. The van der Waals surface area contributed by atoms with Gasteiger partial charge in [0.1, 0.15) is 0 Å². The van der Waals surface area contributed by atoms with E-state index in [0.29, 0.717) is 12.8 Å². The van der Waals surface area contributed by atoms with Crippen LogP contribution in [0.25, 0.3) is 0 Å². The van der Waals surface area contributed by atoms with Gasteiger partial charge < -0.3 is 10.0 Å². The van der Waals surface area contributed by atoms with E-state index in [-0.39, 0.29) is 25.6 Å². The van der Waals surface area contributed by atoms with Gasteiger partial charge in [0.15, 0.2) is 0 Å². The number of carbonyl (C=O) groups is 1. The average molecular weight is 243 g/mol. The van der Waals surface area contributed by atoms with Gasteiger partial charge in [-0.15, -0.1) is 0 Å². The van der Waals surface area contributed by atoms with Gasteiger partial charge in [0, 0.05) is 19.7 Å². The summed E-state index contributed by atoms with van der Waals surface area (Å²) >= 11 is 0. The molecule has 94 valence electrons. The van der Waals surface area contributed by atoms with E-state index in [1.807, 2.05) is 0 Å². The Hall–Kier alpha value is -0.850. The summed E-state index contributed by atoms with van der Waals surface area (Å²) in [5.74, 6) is -6.46. The van der Waals surface area contributed by atoms with Crippen molar-refractivity contribution in [2.24, 2.45) is 5.92 Å². The number of carbonyl (C=O) groups excluding carboxylic acids is 1. The minimum absolute atomic E-state index is 0.00757. The molecule has 0 spiro atoms. The van der Waals surface area contributed by atoms with Gasteiger partial charge in [-0.1, -0.05) is 0 Å². The lowest BCUT2D eigenvalue weighted by molar-refractivity contribution is -0.182. The van der Waals surface area contributed by atoms with Gasteiger partial charge in [-0.25, -0.2) is 8.78 Å². The highest BCUT2D eigenvalue weighted by Crippen LogP contribution is 2.27. The number of amides is 1. The van der Waals surface area contributed by atoms with Crippen molar-refractivity contribution in [1.82, 2.24) is 4.90 Å². The Kier molecular flexibility index (Phi) is 4.12. The van der Waals surface area contributed by atoms with E-state index >= 15 is 0 Å². The van der Waals surface area contributed by atoms with Crippen LogP contribution in [0.5, 0.6) is 0 Å². The van der Waals surface area contributed by atoms with E-state index in [2.05, 4.69) is 0 Å². The minimum atomic E-state index is -4.61. The molecule has 1 rings (SSSR count). The molecule has 0 unspecified atom stereocenters. The number of hydrogen-bond acceptors (Lipinski definition) is 2. The quantitative estimate of drug-likeness (QED) is 0.754. The second kappa shape index (κ2) is 4.99. The average Bonchev–Trinajstić information content (AvgIpc) is 2.28. The zero-order valence-corrected chi connectivity index (χ0v) is 8.50. The van der Waals surface area contributed by atoms with Crippen LogP contribution in [0, 0.1) is 5.92 Å². The highest BCUT2D eigenvalue weighted by molar-refractivity contribution is 5.84. The molecule has 0 bridgehead atoms. The third kappa shape index (κ3) is 2.63. The van der Waals surface area contributed by atoms with E-state index in [9.17, 15) is 22.4 Å². The Balaban J connectivity index is 2.57. The van der Waals surface area contributed by atoms with E-state index in [1.165, 1.54) is 0 Å². The largest absolute Gasteiger partial charge is 0.396 e. The molecule has 7 heteroatoms. The highest BCUT2D eigenvalue weighted by atomic mass is 19.3. The molecule has 1 N–H and O–H groups in total. The van der Waals surface area contributed by atoms with Gasteiger partial charge in [0.2, 0.25) is 0 Å². The summed E-state index contributed by atoms with van der Waals surface area (Å²) in [6.07, 6.45) is -3.25. The monoisotopic (exact) mass is 243 g/mol. The summed E-state index contributed by atoms with van der Waals surface area (Å²) < 4.78 is 49.3. The fourth-order valence-corrected chi connectivity index (χ4v) is 1.62. The maximum absolute atomic E-state index is 12.7. The van der Waals surface area contributed by atoms with Gasteiger partial charge in [-0.3, -0.25) is 4.79 Å². The maximum Gasteiger partial charge on any atom is 0.383 e. The zero-order chi connectivity index (χ0) is 12.3. The fraction of sp³-hybridized carbons (Fsp3) is 0.889. The van der Waals surface area contributed by atoms with Gasteiger partial charge >= 0.3 is 12.3 Å². The summed E-state index contributed by atoms with van der Waals surface area (Å²) in [7, 11) is 0. The van der Waals surface area contributed by atoms with Crippen molar-refractivity contribution < 1.29 is 27.5 Å². The van der Waals surface area contributed by atoms with Crippen molar-refractivity contribution in [3.63, 3.8) is 0 Å². The Morgan fingerprint density at radius 2 is 1.88 bits per heavy atom. The number of aliphatic hydroxyl groups is 1. The van der Waals surface area contributed by atoms with Crippen LogP contribution in [0.1, 0.15) is 12.8 Å². The van der Waals surface area contributed by atoms with Crippen LogP contribution in [0.2, 0.25) is 0 Å². The second-order valence-electron chi connectivity index (χ2n) is 3.84. The lowest BCUT2D eigenvalue weighted by Gasteiger charge is -2.33. The third-order valence-electron chi connectivity index (χ3n) is 2.72. The number of aliphatic hydroxyl groups excluding tert-OH is 1. The SMILES string of the molecule is O=C(N1CCC(CO)CC1)C(F)(F)C(F)F. The summed E-state index contributed by atoms with van der Waals surface area (Å²) in [5.41, 5.74) is 0. The van der Waals surface area contributed by atoms with E-state index < -0.39 is 18.3 Å². The summed E-state index contributed by atoms with van der Waals surface area (Å²) in [5, 5.41) is 8.79. The number of halogens is 4. The van der Waals surface area contributed by atoms with Crippen molar-refractivity contribution in [2.75, 3.05) is 19.7 Å². The van der Waals surface area contributed by atoms with E-state index in [0.717, 1.165) is 4.90 Å². The molecule has 1 saturated heterocycles. The molecule has 3 nitrogen and oxygen atoms in total. The second-order valence-corrected chi connectivity index (χ2v) is 3.84. The van der Waals surface area contributed by atoms with Crippen molar-refractivity contribution in [3.8, 4) is 0 Å². The number of alkyl halides is 4. The molecule has 0 aliphatic carbocycles. The molecule has 0 aromatic carbocycles. The molecule has 1 amide bonds. The fourth-order valence-electron chi connectivity index (χ4n) is 1.62. The van der Waals surface area contributed by atoms with Crippen LogP contribution in [0.15, 0.2) is 0 Å². The first kappa shape index (κ1) is 13.2. The van der Waals surface area contributed by atoms with Crippen LogP contribution < -0.4 is 0 Å². The number of hydrogen-bond donors (Lipinski definition) is 1. The molecule has 1 aliphatic heterocycles. The molecule has 1 fully saturated rings. The Morgan fingerprint density at radius 3 is 2.25 bits per heavy atom. The molecule has 0 saturated carbocycles. The van der Waals surface area contributed by atoms with Gasteiger partial charge in [0.05, 0.1) is 0 Å².